The number of carbonyl (C=O) groups excluding carboxylic acids is 1. The van der Waals surface area contributed by atoms with Gasteiger partial charge in [-0.05, 0) is 25.3 Å². The average Bonchev–Trinajstić information content (AvgIpc) is 3.28. The molecule has 1 saturated carbocycles. The van der Waals surface area contributed by atoms with E-state index in [2.05, 4.69) is 5.32 Å². The van der Waals surface area contributed by atoms with E-state index in [1.807, 2.05) is 37.3 Å². The molecule has 0 saturated heterocycles. The molecule has 1 amide bonds. The van der Waals surface area contributed by atoms with E-state index >= 15 is 0 Å². The van der Waals surface area contributed by atoms with Crippen molar-refractivity contribution in [3.63, 3.8) is 0 Å². The molecule has 1 fully saturated rings. The molecule has 1 aliphatic rings. The summed E-state index contributed by atoms with van der Waals surface area (Å²) in [4.78, 5) is 22.3. The minimum absolute atomic E-state index is 0.0294. The topological polar surface area (TPSA) is 75.6 Å². The van der Waals surface area contributed by atoms with Crippen LogP contribution in [0, 0.1) is 11.8 Å². The zero-order chi connectivity index (χ0) is 15.2. The Bertz CT molecular complexity index is 488. The molecule has 5 heteroatoms. The molecule has 0 bridgehead atoms. The molecule has 0 radical (unpaired) electrons. The maximum Gasteiger partial charge on any atom is 0.307 e. The standard InChI is InChI=1S/C16H21NO4/c1-11(12-6-3-2-4-7-12)21-9-5-8-17-15(18)13-10-14(13)16(19)20/h2-4,6-7,11,13-14H,5,8-10H2,1H3,(H,17,18)(H,19,20)/t11-,13+,14+/m0/s1. The Balaban J connectivity index is 1.56. The van der Waals surface area contributed by atoms with Gasteiger partial charge in [-0.1, -0.05) is 30.3 Å². The first kappa shape index (κ1) is 15.5. The van der Waals surface area contributed by atoms with Crippen LogP contribution < -0.4 is 5.32 Å². The second-order valence-corrected chi connectivity index (χ2v) is 5.36. The summed E-state index contributed by atoms with van der Waals surface area (Å²) in [6.45, 7) is 3.07. The quantitative estimate of drug-likeness (QED) is 0.718. The third-order valence-electron chi connectivity index (χ3n) is 3.70. The number of hydrogen-bond acceptors (Lipinski definition) is 3. The van der Waals surface area contributed by atoms with Crippen LogP contribution in [0.25, 0.3) is 0 Å². The first-order valence-corrected chi connectivity index (χ1v) is 7.26. The summed E-state index contributed by atoms with van der Waals surface area (Å²) in [5.74, 6) is -1.86. The molecule has 0 aliphatic heterocycles. The molecule has 2 rings (SSSR count). The lowest BCUT2D eigenvalue weighted by Crippen LogP contribution is -2.28. The Morgan fingerprint density at radius 1 is 1.33 bits per heavy atom. The van der Waals surface area contributed by atoms with E-state index in [1.54, 1.807) is 0 Å². The molecule has 3 atom stereocenters. The van der Waals surface area contributed by atoms with Crippen molar-refractivity contribution >= 4 is 11.9 Å². The molecule has 114 valence electrons. The summed E-state index contributed by atoms with van der Waals surface area (Å²) in [7, 11) is 0. The van der Waals surface area contributed by atoms with Gasteiger partial charge in [0.25, 0.3) is 0 Å². The Morgan fingerprint density at radius 2 is 2.05 bits per heavy atom. The van der Waals surface area contributed by atoms with Crippen molar-refractivity contribution in [2.45, 2.75) is 25.9 Å². The van der Waals surface area contributed by atoms with Gasteiger partial charge in [-0.15, -0.1) is 0 Å². The molecule has 0 heterocycles. The van der Waals surface area contributed by atoms with Crippen LogP contribution in [0.3, 0.4) is 0 Å². The fourth-order valence-corrected chi connectivity index (χ4v) is 2.25. The number of aliphatic carboxylic acids is 1. The van der Waals surface area contributed by atoms with Gasteiger partial charge in [0.15, 0.2) is 0 Å². The molecule has 0 unspecified atom stereocenters. The second-order valence-electron chi connectivity index (χ2n) is 5.36. The number of benzene rings is 1. The minimum atomic E-state index is -0.879. The number of nitrogens with one attached hydrogen (secondary N) is 1. The molecule has 1 aromatic carbocycles. The van der Waals surface area contributed by atoms with Crippen molar-refractivity contribution in [1.29, 1.82) is 0 Å². The molecule has 1 aliphatic carbocycles. The molecule has 21 heavy (non-hydrogen) atoms. The highest BCUT2D eigenvalue weighted by atomic mass is 16.5. The Kier molecular flexibility index (Phi) is 5.33. The van der Waals surface area contributed by atoms with Crippen molar-refractivity contribution in [1.82, 2.24) is 5.32 Å². The van der Waals surface area contributed by atoms with Gasteiger partial charge in [0, 0.05) is 13.2 Å². The molecule has 5 nitrogen and oxygen atoms in total. The fraction of sp³-hybridized carbons (Fsp3) is 0.500. The molecular weight excluding hydrogens is 270 g/mol. The molecule has 2 N–H and O–H groups in total. The van der Waals surface area contributed by atoms with Crippen LogP contribution in [-0.4, -0.2) is 30.1 Å². The Labute approximate surface area is 124 Å². The number of carboxylic acid groups (broad SMARTS) is 1. The number of ether oxygens (including phenoxy) is 1. The monoisotopic (exact) mass is 291 g/mol. The number of carbonyl (C=O) groups is 2. The number of rotatable bonds is 8. The van der Waals surface area contributed by atoms with Crippen molar-refractivity contribution in [3.05, 3.63) is 35.9 Å². The van der Waals surface area contributed by atoms with Gasteiger partial charge in [-0.2, -0.15) is 0 Å². The highest BCUT2D eigenvalue weighted by Crippen LogP contribution is 2.38. The number of amides is 1. The zero-order valence-corrected chi connectivity index (χ0v) is 12.1. The third kappa shape index (κ3) is 4.56. The van der Waals surface area contributed by atoms with Gasteiger partial charge >= 0.3 is 5.97 Å². The minimum Gasteiger partial charge on any atom is -0.481 e. The number of carboxylic acids is 1. The van der Waals surface area contributed by atoms with E-state index in [9.17, 15) is 9.59 Å². The maximum absolute atomic E-state index is 11.6. The third-order valence-corrected chi connectivity index (χ3v) is 3.70. The predicted octanol–water partition coefficient (Wildman–Crippen LogP) is 1.99. The van der Waals surface area contributed by atoms with Crippen LogP contribution in [0.5, 0.6) is 0 Å². The van der Waals surface area contributed by atoms with Crippen molar-refractivity contribution in [2.75, 3.05) is 13.2 Å². The maximum atomic E-state index is 11.6. The van der Waals surface area contributed by atoms with Crippen molar-refractivity contribution in [2.24, 2.45) is 11.8 Å². The lowest BCUT2D eigenvalue weighted by Gasteiger charge is -2.13. The van der Waals surface area contributed by atoms with E-state index in [0.29, 0.717) is 26.0 Å². The SMILES string of the molecule is C[C@H](OCCCNC(=O)[C@@H]1C[C@H]1C(=O)O)c1ccccc1. The van der Waals surface area contributed by atoms with Crippen LogP contribution in [-0.2, 0) is 14.3 Å². The molecule has 0 spiro atoms. The van der Waals surface area contributed by atoms with Crippen LogP contribution in [0.1, 0.15) is 31.4 Å². The normalized spacial score (nSPS) is 21.6. The summed E-state index contributed by atoms with van der Waals surface area (Å²) < 4.78 is 5.70. The highest BCUT2D eigenvalue weighted by Gasteiger charge is 2.48. The van der Waals surface area contributed by atoms with Crippen LogP contribution >= 0.6 is 0 Å². The first-order chi connectivity index (χ1) is 10.1. The van der Waals surface area contributed by atoms with Crippen molar-refractivity contribution < 1.29 is 19.4 Å². The average molecular weight is 291 g/mol. The summed E-state index contributed by atoms with van der Waals surface area (Å²) in [6, 6.07) is 9.96. The van der Waals surface area contributed by atoms with E-state index in [-0.39, 0.29) is 17.9 Å². The molecule has 1 aromatic rings. The van der Waals surface area contributed by atoms with E-state index in [0.717, 1.165) is 5.56 Å². The van der Waals surface area contributed by atoms with E-state index in [1.165, 1.54) is 0 Å². The first-order valence-electron chi connectivity index (χ1n) is 7.26. The van der Waals surface area contributed by atoms with Gasteiger partial charge in [-0.25, -0.2) is 0 Å². The van der Waals surface area contributed by atoms with Crippen molar-refractivity contribution in [3.8, 4) is 0 Å². The predicted molar refractivity (Wildman–Crippen MR) is 77.7 cm³/mol. The Hall–Kier alpha value is -1.88. The van der Waals surface area contributed by atoms with Crippen LogP contribution in [0.15, 0.2) is 30.3 Å². The van der Waals surface area contributed by atoms with E-state index < -0.39 is 11.9 Å². The lowest BCUT2D eigenvalue weighted by molar-refractivity contribution is -0.140. The second kappa shape index (κ2) is 7.22. The van der Waals surface area contributed by atoms with Crippen LogP contribution in [0.2, 0.25) is 0 Å². The molecule has 0 aromatic heterocycles. The smallest absolute Gasteiger partial charge is 0.307 e. The summed E-state index contributed by atoms with van der Waals surface area (Å²) in [5.41, 5.74) is 1.13. The van der Waals surface area contributed by atoms with Gasteiger partial charge in [0.05, 0.1) is 17.9 Å². The van der Waals surface area contributed by atoms with Gasteiger partial charge in [0.2, 0.25) is 5.91 Å². The zero-order valence-electron chi connectivity index (χ0n) is 12.1. The largest absolute Gasteiger partial charge is 0.481 e. The summed E-state index contributed by atoms with van der Waals surface area (Å²) >= 11 is 0. The summed E-state index contributed by atoms with van der Waals surface area (Å²) in [5, 5.41) is 11.5. The number of hydrogen-bond donors (Lipinski definition) is 2. The summed E-state index contributed by atoms with van der Waals surface area (Å²) in [6.07, 6.45) is 1.21. The fourth-order valence-electron chi connectivity index (χ4n) is 2.25. The lowest BCUT2D eigenvalue weighted by atomic mass is 10.1. The molecular formula is C16H21NO4. The van der Waals surface area contributed by atoms with Gasteiger partial charge in [-0.3, -0.25) is 9.59 Å². The Morgan fingerprint density at radius 3 is 2.67 bits per heavy atom. The van der Waals surface area contributed by atoms with Crippen LogP contribution in [0.4, 0.5) is 0 Å². The van der Waals surface area contributed by atoms with Gasteiger partial charge < -0.3 is 15.2 Å². The van der Waals surface area contributed by atoms with E-state index in [4.69, 9.17) is 9.84 Å². The highest BCUT2D eigenvalue weighted by molar-refractivity contribution is 5.89. The van der Waals surface area contributed by atoms with Gasteiger partial charge in [0.1, 0.15) is 0 Å².